The van der Waals surface area contributed by atoms with Crippen LogP contribution in [0.25, 0.3) is 0 Å². The molecular formula is C17H30O2. The van der Waals surface area contributed by atoms with E-state index in [-0.39, 0.29) is 12.2 Å². The number of aliphatic hydroxyl groups excluding tert-OH is 1. The number of epoxide rings is 1. The largest absolute Gasteiger partial charge is 0.392 e. The quantitative estimate of drug-likeness (QED) is 0.496. The molecule has 1 atom stereocenters. The average molecular weight is 266 g/mol. The number of rotatable bonds is 9. The van der Waals surface area contributed by atoms with Crippen LogP contribution in [0, 0.1) is 0 Å². The zero-order valence-corrected chi connectivity index (χ0v) is 13.0. The minimum absolute atomic E-state index is 0.123. The lowest BCUT2D eigenvalue weighted by molar-refractivity contribution is 0.320. The van der Waals surface area contributed by atoms with Gasteiger partial charge in [0.15, 0.2) is 0 Å². The molecule has 19 heavy (non-hydrogen) atoms. The van der Waals surface area contributed by atoms with E-state index < -0.39 is 0 Å². The fourth-order valence-electron chi connectivity index (χ4n) is 2.48. The SMILES string of the molecule is CCC/C(=C\CO)CC/C=C(\C)CCC1OC1(C)C. The van der Waals surface area contributed by atoms with Crippen molar-refractivity contribution < 1.29 is 9.84 Å². The van der Waals surface area contributed by atoms with Gasteiger partial charge in [-0.2, -0.15) is 0 Å². The molecule has 1 fully saturated rings. The Bertz CT molecular complexity index is 326. The molecule has 1 N–H and O–H groups in total. The van der Waals surface area contributed by atoms with Gasteiger partial charge in [0.05, 0.1) is 18.3 Å². The van der Waals surface area contributed by atoms with E-state index in [2.05, 4.69) is 33.8 Å². The highest BCUT2D eigenvalue weighted by molar-refractivity contribution is 5.07. The first-order valence-corrected chi connectivity index (χ1v) is 7.61. The third kappa shape index (κ3) is 6.40. The maximum absolute atomic E-state index is 8.97. The van der Waals surface area contributed by atoms with Crippen LogP contribution in [-0.4, -0.2) is 23.4 Å². The summed E-state index contributed by atoms with van der Waals surface area (Å²) in [5.74, 6) is 0. The summed E-state index contributed by atoms with van der Waals surface area (Å²) in [5.41, 5.74) is 2.98. The van der Waals surface area contributed by atoms with Gasteiger partial charge in [0.2, 0.25) is 0 Å². The number of hydrogen-bond acceptors (Lipinski definition) is 2. The zero-order chi connectivity index (χ0) is 14.3. The molecule has 2 nitrogen and oxygen atoms in total. The maximum Gasteiger partial charge on any atom is 0.0892 e. The van der Waals surface area contributed by atoms with Crippen LogP contribution >= 0.6 is 0 Å². The molecule has 0 amide bonds. The van der Waals surface area contributed by atoms with Crippen molar-refractivity contribution in [3.63, 3.8) is 0 Å². The Balaban J connectivity index is 2.21. The van der Waals surface area contributed by atoms with Gasteiger partial charge in [-0.05, 0) is 52.9 Å². The number of hydrogen-bond donors (Lipinski definition) is 1. The fraction of sp³-hybridized carbons (Fsp3) is 0.765. The van der Waals surface area contributed by atoms with Crippen LogP contribution in [0.5, 0.6) is 0 Å². The van der Waals surface area contributed by atoms with Crippen LogP contribution in [0.1, 0.15) is 66.2 Å². The summed E-state index contributed by atoms with van der Waals surface area (Å²) in [6.07, 6.45) is 11.5. The second kappa shape index (κ2) is 7.86. The standard InChI is InChI=1S/C17H30O2/c1-5-7-15(12-13-18)9-6-8-14(2)10-11-16-17(3,4)19-16/h8,12,16,18H,5-7,9-11,13H2,1-4H3/b14-8+,15-12+. The van der Waals surface area contributed by atoms with Crippen LogP contribution in [0.4, 0.5) is 0 Å². The second-order valence-electron chi connectivity index (χ2n) is 6.13. The molecule has 2 heteroatoms. The third-order valence-corrected chi connectivity index (χ3v) is 3.87. The van der Waals surface area contributed by atoms with Crippen LogP contribution in [-0.2, 0) is 4.74 Å². The third-order valence-electron chi connectivity index (χ3n) is 3.87. The summed E-state index contributed by atoms with van der Waals surface area (Å²) in [6, 6.07) is 0. The second-order valence-corrected chi connectivity index (χ2v) is 6.13. The van der Waals surface area contributed by atoms with Crippen LogP contribution in [0.15, 0.2) is 23.3 Å². The van der Waals surface area contributed by atoms with Crippen molar-refractivity contribution in [2.24, 2.45) is 0 Å². The minimum Gasteiger partial charge on any atom is -0.392 e. The van der Waals surface area contributed by atoms with E-state index in [4.69, 9.17) is 9.84 Å². The molecule has 0 bridgehead atoms. The summed E-state index contributed by atoms with van der Waals surface area (Å²) in [4.78, 5) is 0. The minimum atomic E-state index is 0.123. The topological polar surface area (TPSA) is 32.8 Å². The Labute approximate surface area is 118 Å². The highest BCUT2D eigenvalue weighted by Crippen LogP contribution is 2.38. The first-order chi connectivity index (χ1) is 8.99. The zero-order valence-electron chi connectivity index (χ0n) is 13.0. The Kier molecular flexibility index (Phi) is 6.81. The van der Waals surface area contributed by atoms with E-state index in [1.54, 1.807) is 0 Å². The van der Waals surface area contributed by atoms with E-state index in [1.807, 2.05) is 6.08 Å². The molecule has 1 unspecified atom stereocenters. The monoisotopic (exact) mass is 266 g/mol. The Hall–Kier alpha value is -0.600. The van der Waals surface area contributed by atoms with Gasteiger partial charge in [0.1, 0.15) is 0 Å². The Morgan fingerprint density at radius 1 is 1.21 bits per heavy atom. The van der Waals surface area contributed by atoms with E-state index in [0.717, 1.165) is 38.5 Å². The van der Waals surface area contributed by atoms with Crippen molar-refractivity contribution in [3.8, 4) is 0 Å². The molecule has 0 radical (unpaired) electrons. The number of aliphatic hydroxyl groups is 1. The van der Waals surface area contributed by atoms with Crippen molar-refractivity contribution in [1.82, 2.24) is 0 Å². The average Bonchev–Trinajstić information content (AvgIpc) is 2.95. The van der Waals surface area contributed by atoms with E-state index in [9.17, 15) is 0 Å². The molecule has 0 aromatic rings. The summed E-state index contributed by atoms with van der Waals surface area (Å²) in [7, 11) is 0. The van der Waals surface area contributed by atoms with E-state index >= 15 is 0 Å². The van der Waals surface area contributed by atoms with Gasteiger partial charge < -0.3 is 9.84 Å². The van der Waals surface area contributed by atoms with Gasteiger partial charge in [-0.25, -0.2) is 0 Å². The van der Waals surface area contributed by atoms with Crippen LogP contribution < -0.4 is 0 Å². The first-order valence-electron chi connectivity index (χ1n) is 7.61. The maximum atomic E-state index is 8.97. The van der Waals surface area contributed by atoms with Crippen LogP contribution in [0.2, 0.25) is 0 Å². The van der Waals surface area contributed by atoms with Gasteiger partial charge in [-0.1, -0.05) is 36.6 Å². The van der Waals surface area contributed by atoms with Gasteiger partial charge >= 0.3 is 0 Å². The summed E-state index contributed by atoms with van der Waals surface area (Å²) >= 11 is 0. The number of ether oxygens (including phenoxy) is 1. The smallest absolute Gasteiger partial charge is 0.0892 e. The van der Waals surface area contributed by atoms with Crippen molar-refractivity contribution >= 4 is 0 Å². The molecule has 1 rings (SSSR count). The normalized spacial score (nSPS) is 22.7. The van der Waals surface area contributed by atoms with Crippen LogP contribution in [0.3, 0.4) is 0 Å². The molecular weight excluding hydrogens is 236 g/mol. The van der Waals surface area contributed by atoms with Gasteiger partial charge in [0.25, 0.3) is 0 Å². The summed E-state index contributed by atoms with van der Waals surface area (Å²) in [6.45, 7) is 8.89. The summed E-state index contributed by atoms with van der Waals surface area (Å²) in [5, 5.41) is 8.97. The lowest BCUT2D eigenvalue weighted by Gasteiger charge is -2.05. The predicted molar refractivity (Wildman–Crippen MR) is 81.3 cm³/mol. The fourth-order valence-corrected chi connectivity index (χ4v) is 2.48. The van der Waals surface area contributed by atoms with Crippen molar-refractivity contribution in [1.29, 1.82) is 0 Å². The van der Waals surface area contributed by atoms with Crippen molar-refractivity contribution in [2.45, 2.75) is 77.9 Å². The number of allylic oxidation sites excluding steroid dienone is 3. The molecule has 1 saturated heterocycles. The summed E-state index contributed by atoms with van der Waals surface area (Å²) < 4.78 is 5.60. The van der Waals surface area contributed by atoms with Gasteiger partial charge in [-0.3, -0.25) is 0 Å². The molecule has 0 aromatic carbocycles. The molecule has 1 aliphatic rings. The first kappa shape index (κ1) is 16.5. The molecule has 0 aromatic heterocycles. The molecule has 0 aliphatic carbocycles. The highest BCUT2D eigenvalue weighted by atomic mass is 16.6. The van der Waals surface area contributed by atoms with Crippen molar-refractivity contribution in [2.75, 3.05) is 6.61 Å². The molecule has 1 aliphatic heterocycles. The predicted octanol–water partition coefficient (Wildman–Crippen LogP) is 4.39. The van der Waals surface area contributed by atoms with E-state index in [0.29, 0.717) is 6.10 Å². The highest BCUT2D eigenvalue weighted by Gasteiger charge is 2.46. The lowest BCUT2D eigenvalue weighted by Crippen LogP contribution is -2.02. The van der Waals surface area contributed by atoms with E-state index in [1.165, 1.54) is 11.1 Å². The Morgan fingerprint density at radius 2 is 1.89 bits per heavy atom. The molecule has 1 heterocycles. The van der Waals surface area contributed by atoms with Gasteiger partial charge in [0, 0.05) is 0 Å². The van der Waals surface area contributed by atoms with Gasteiger partial charge in [-0.15, -0.1) is 0 Å². The Morgan fingerprint density at radius 3 is 2.42 bits per heavy atom. The molecule has 0 saturated carbocycles. The lowest BCUT2D eigenvalue weighted by atomic mass is 10.0. The molecule has 0 spiro atoms. The molecule has 110 valence electrons. The van der Waals surface area contributed by atoms with Crippen molar-refractivity contribution in [3.05, 3.63) is 23.3 Å².